The lowest BCUT2D eigenvalue weighted by Crippen LogP contribution is -2.40. The van der Waals surface area contributed by atoms with E-state index >= 15 is 0 Å². The number of rotatable bonds is 6. The fourth-order valence-electron chi connectivity index (χ4n) is 2.77. The first kappa shape index (κ1) is 16.4. The number of nitrogens with zero attached hydrogens (tertiary/aromatic N) is 2. The van der Waals surface area contributed by atoms with Gasteiger partial charge in [-0.05, 0) is 43.7 Å². The Labute approximate surface area is 141 Å². The van der Waals surface area contributed by atoms with Gasteiger partial charge in [-0.3, -0.25) is 19.5 Å². The van der Waals surface area contributed by atoms with Crippen molar-refractivity contribution in [2.75, 3.05) is 25.0 Å². The summed E-state index contributed by atoms with van der Waals surface area (Å²) in [5.74, 6) is -1.25. The van der Waals surface area contributed by atoms with E-state index < -0.39 is 11.8 Å². The molecular weight excluding hydrogens is 304 g/mol. The van der Waals surface area contributed by atoms with Crippen molar-refractivity contribution in [2.45, 2.75) is 25.8 Å². The summed E-state index contributed by atoms with van der Waals surface area (Å²) in [7, 11) is 0. The molecule has 3 rings (SSSR count). The SMILES string of the molecule is CCN(CCNC(=O)C(=O)Nc1ccc2ncccc2c1)C1CC1. The van der Waals surface area contributed by atoms with Gasteiger partial charge < -0.3 is 10.6 Å². The lowest BCUT2D eigenvalue weighted by molar-refractivity contribution is -0.136. The van der Waals surface area contributed by atoms with E-state index in [1.165, 1.54) is 12.8 Å². The van der Waals surface area contributed by atoms with Gasteiger partial charge in [-0.15, -0.1) is 0 Å². The van der Waals surface area contributed by atoms with Crippen LogP contribution in [0.5, 0.6) is 0 Å². The molecule has 1 aliphatic carbocycles. The zero-order chi connectivity index (χ0) is 16.9. The van der Waals surface area contributed by atoms with Crippen molar-refractivity contribution in [1.82, 2.24) is 15.2 Å². The number of pyridine rings is 1. The molecule has 2 N–H and O–H groups in total. The molecule has 2 amide bonds. The lowest BCUT2D eigenvalue weighted by atomic mass is 10.2. The van der Waals surface area contributed by atoms with Gasteiger partial charge in [0.15, 0.2) is 0 Å². The summed E-state index contributed by atoms with van der Waals surface area (Å²) in [4.78, 5) is 30.5. The number of aromatic nitrogens is 1. The van der Waals surface area contributed by atoms with Crippen molar-refractivity contribution in [3.63, 3.8) is 0 Å². The Hall–Kier alpha value is -2.47. The van der Waals surface area contributed by atoms with E-state index in [2.05, 4.69) is 27.4 Å². The minimum atomic E-state index is -0.646. The van der Waals surface area contributed by atoms with Crippen LogP contribution < -0.4 is 10.6 Å². The van der Waals surface area contributed by atoms with E-state index in [1.54, 1.807) is 18.3 Å². The van der Waals surface area contributed by atoms with E-state index in [4.69, 9.17) is 0 Å². The second-order valence-corrected chi connectivity index (χ2v) is 5.98. The standard InChI is InChI=1S/C18H22N4O2/c1-2-22(15-6-7-15)11-10-20-17(23)18(24)21-14-5-8-16-13(12-14)4-3-9-19-16/h3-5,8-9,12,15H,2,6-7,10-11H2,1H3,(H,20,23)(H,21,24). The molecule has 0 radical (unpaired) electrons. The number of anilines is 1. The zero-order valence-electron chi connectivity index (χ0n) is 13.8. The maximum Gasteiger partial charge on any atom is 0.313 e. The van der Waals surface area contributed by atoms with Gasteiger partial charge in [0, 0.05) is 36.4 Å². The van der Waals surface area contributed by atoms with Crippen LogP contribution in [0, 0.1) is 0 Å². The highest BCUT2D eigenvalue weighted by Gasteiger charge is 2.27. The van der Waals surface area contributed by atoms with Crippen molar-refractivity contribution in [3.8, 4) is 0 Å². The second-order valence-electron chi connectivity index (χ2n) is 5.98. The van der Waals surface area contributed by atoms with Gasteiger partial charge in [0.05, 0.1) is 5.52 Å². The molecule has 24 heavy (non-hydrogen) atoms. The Kier molecular flexibility index (Phi) is 5.05. The highest BCUT2D eigenvalue weighted by atomic mass is 16.2. The number of hydrogen-bond donors (Lipinski definition) is 2. The summed E-state index contributed by atoms with van der Waals surface area (Å²) in [5, 5.41) is 6.23. The molecule has 0 aliphatic heterocycles. The number of benzene rings is 1. The third-order valence-corrected chi connectivity index (χ3v) is 4.22. The number of nitrogens with one attached hydrogen (secondary N) is 2. The molecule has 0 bridgehead atoms. The first-order valence-corrected chi connectivity index (χ1v) is 8.35. The predicted molar refractivity (Wildman–Crippen MR) is 93.7 cm³/mol. The monoisotopic (exact) mass is 326 g/mol. The van der Waals surface area contributed by atoms with Crippen LogP contribution >= 0.6 is 0 Å². The molecule has 2 aromatic rings. The van der Waals surface area contributed by atoms with Crippen LogP contribution in [0.25, 0.3) is 10.9 Å². The number of carbonyl (C=O) groups excluding carboxylic acids is 2. The van der Waals surface area contributed by atoms with Crippen molar-refractivity contribution >= 4 is 28.4 Å². The van der Waals surface area contributed by atoms with Crippen LogP contribution in [0.1, 0.15) is 19.8 Å². The lowest BCUT2D eigenvalue weighted by Gasteiger charge is -2.19. The Morgan fingerprint density at radius 3 is 2.83 bits per heavy atom. The average Bonchev–Trinajstić information content (AvgIpc) is 3.43. The molecule has 0 atom stereocenters. The molecule has 1 fully saturated rings. The van der Waals surface area contributed by atoms with Gasteiger partial charge in [0.2, 0.25) is 0 Å². The zero-order valence-corrected chi connectivity index (χ0v) is 13.8. The van der Waals surface area contributed by atoms with Crippen LogP contribution in [0.3, 0.4) is 0 Å². The second kappa shape index (κ2) is 7.40. The summed E-state index contributed by atoms with van der Waals surface area (Å²) in [6.45, 7) is 4.35. The molecule has 6 heteroatoms. The molecule has 6 nitrogen and oxygen atoms in total. The van der Waals surface area contributed by atoms with E-state index in [0.717, 1.165) is 24.0 Å². The summed E-state index contributed by atoms with van der Waals surface area (Å²) >= 11 is 0. The van der Waals surface area contributed by atoms with Crippen LogP contribution in [0.4, 0.5) is 5.69 Å². The molecule has 1 aromatic carbocycles. The number of amides is 2. The highest BCUT2D eigenvalue weighted by Crippen LogP contribution is 2.25. The smallest absolute Gasteiger partial charge is 0.313 e. The van der Waals surface area contributed by atoms with Crippen LogP contribution in [0.2, 0.25) is 0 Å². The third kappa shape index (κ3) is 4.08. The van der Waals surface area contributed by atoms with Crippen molar-refractivity contribution in [1.29, 1.82) is 0 Å². The summed E-state index contributed by atoms with van der Waals surface area (Å²) in [5.41, 5.74) is 1.43. The molecule has 0 unspecified atom stereocenters. The fourth-order valence-corrected chi connectivity index (χ4v) is 2.77. The maximum atomic E-state index is 12.0. The minimum Gasteiger partial charge on any atom is -0.347 e. The maximum absolute atomic E-state index is 12.0. The van der Waals surface area contributed by atoms with Crippen molar-refractivity contribution < 1.29 is 9.59 Å². The van der Waals surface area contributed by atoms with Gasteiger partial charge in [-0.2, -0.15) is 0 Å². The van der Waals surface area contributed by atoms with Gasteiger partial charge in [0.25, 0.3) is 0 Å². The van der Waals surface area contributed by atoms with Crippen molar-refractivity contribution in [2.24, 2.45) is 0 Å². The van der Waals surface area contributed by atoms with E-state index in [9.17, 15) is 9.59 Å². The Balaban J connectivity index is 1.50. The molecule has 0 saturated heterocycles. The van der Waals surface area contributed by atoms with Crippen LogP contribution in [0.15, 0.2) is 36.5 Å². The first-order chi connectivity index (χ1) is 11.7. The van der Waals surface area contributed by atoms with Crippen molar-refractivity contribution in [3.05, 3.63) is 36.5 Å². The average molecular weight is 326 g/mol. The third-order valence-electron chi connectivity index (χ3n) is 4.22. The number of carbonyl (C=O) groups is 2. The fraction of sp³-hybridized carbons (Fsp3) is 0.389. The first-order valence-electron chi connectivity index (χ1n) is 8.35. The summed E-state index contributed by atoms with van der Waals surface area (Å²) < 4.78 is 0. The number of likely N-dealkylation sites (N-methyl/N-ethyl adjacent to an activating group) is 1. The summed E-state index contributed by atoms with van der Waals surface area (Å²) in [6.07, 6.45) is 4.19. The van der Waals surface area contributed by atoms with Gasteiger partial charge in [-0.25, -0.2) is 0 Å². The van der Waals surface area contributed by atoms with Gasteiger partial charge >= 0.3 is 11.8 Å². The normalized spacial score (nSPS) is 13.9. The largest absolute Gasteiger partial charge is 0.347 e. The van der Waals surface area contributed by atoms with Gasteiger partial charge in [-0.1, -0.05) is 13.0 Å². The topological polar surface area (TPSA) is 74.3 Å². The molecule has 1 saturated carbocycles. The summed E-state index contributed by atoms with van der Waals surface area (Å²) in [6, 6.07) is 9.77. The van der Waals surface area contributed by atoms with Crippen LogP contribution in [-0.4, -0.2) is 47.4 Å². The molecule has 0 spiro atoms. The van der Waals surface area contributed by atoms with E-state index in [-0.39, 0.29) is 0 Å². The molecule has 1 aliphatic rings. The Morgan fingerprint density at radius 2 is 2.08 bits per heavy atom. The number of hydrogen-bond acceptors (Lipinski definition) is 4. The van der Waals surface area contributed by atoms with E-state index in [0.29, 0.717) is 18.3 Å². The van der Waals surface area contributed by atoms with Gasteiger partial charge in [0.1, 0.15) is 0 Å². The Bertz CT molecular complexity index is 743. The predicted octanol–water partition coefficient (Wildman–Crippen LogP) is 1.77. The molecule has 1 heterocycles. The van der Waals surface area contributed by atoms with E-state index in [1.807, 2.05) is 18.2 Å². The minimum absolute atomic E-state index is 0.484. The highest BCUT2D eigenvalue weighted by molar-refractivity contribution is 6.39. The number of fused-ring (bicyclic) bond motifs is 1. The Morgan fingerprint density at radius 1 is 1.25 bits per heavy atom. The quantitative estimate of drug-likeness (QED) is 0.794. The van der Waals surface area contributed by atoms with Crippen LogP contribution in [-0.2, 0) is 9.59 Å². The molecule has 126 valence electrons. The molecule has 1 aromatic heterocycles. The molecular formula is C18H22N4O2.